The van der Waals surface area contributed by atoms with E-state index in [1.54, 1.807) is 18.3 Å². The fraction of sp³-hybridized carbons (Fsp3) is 0.167. The van der Waals surface area contributed by atoms with Crippen LogP contribution in [0.2, 0.25) is 0 Å². The van der Waals surface area contributed by atoms with Gasteiger partial charge in [-0.15, -0.1) is 22.9 Å². The van der Waals surface area contributed by atoms with Crippen LogP contribution in [0.3, 0.4) is 0 Å². The van der Waals surface area contributed by atoms with Gasteiger partial charge in [0.1, 0.15) is 11.7 Å². The van der Waals surface area contributed by atoms with Crippen molar-refractivity contribution in [1.82, 2.24) is 4.98 Å². The van der Waals surface area contributed by atoms with Crippen molar-refractivity contribution < 1.29 is 9.18 Å². The Hall–Kier alpha value is -1.46. The predicted molar refractivity (Wildman–Crippen MR) is 70.7 cm³/mol. The third kappa shape index (κ3) is 3.51. The van der Waals surface area contributed by atoms with Crippen LogP contribution in [0.1, 0.15) is 10.4 Å². The van der Waals surface area contributed by atoms with Crippen molar-refractivity contribution in [2.75, 3.05) is 11.2 Å². The summed E-state index contributed by atoms with van der Waals surface area (Å²) in [6.45, 7) is 0. The summed E-state index contributed by atoms with van der Waals surface area (Å²) in [6.07, 6.45) is 2.35. The minimum Gasteiger partial charge on any atom is -0.301 e. The van der Waals surface area contributed by atoms with Gasteiger partial charge in [-0.3, -0.25) is 4.79 Å². The van der Waals surface area contributed by atoms with Crippen molar-refractivity contribution in [3.63, 3.8) is 0 Å². The summed E-state index contributed by atoms with van der Waals surface area (Å²) in [6, 6.07) is 6.30. The number of nitrogens with one attached hydrogen (secondary N) is 1. The van der Waals surface area contributed by atoms with E-state index in [2.05, 4.69) is 10.3 Å². The van der Waals surface area contributed by atoms with Crippen molar-refractivity contribution in [1.29, 1.82) is 0 Å². The lowest BCUT2D eigenvalue weighted by molar-refractivity contribution is -0.113. The summed E-state index contributed by atoms with van der Waals surface area (Å²) in [5, 5.41) is 3.11. The maximum Gasteiger partial charge on any atom is 0.241 e. The van der Waals surface area contributed by atoms with Gasteiger partial charge >= 0.3 is 0 Å². The molecule has 6 heteroatoms. The van der Waals surface area contributed by atoms with Crippen molar-refractivity contribution in [3.8, 4) is 0 Å². The molecule has 0 aliphatic rings. The number of alkyl halides is 1. The average molecular weight is 285 g/mol. The molecule has 0 unspecified atom stereocenters. The van der Waals surface area contributed by atoms with Gasteiger partial charge < -0.3 is 5.32 Å². The smallest absolute Gasteiger partial charge is 0.241 e. The Kier molecular flexibility index (Phi) is 4.28. The van der Waals surface area contributed by atoms with Crippen LogP contribution >= 0.6 is 22.9 Å². The number of carbonyl (C=O) groups is 1. The number of benzene rings is 1. The van der Waals surface area contributed by atoms with E-state index in [0.29, 0.717) is 11.6 Å². The number of thiazole rings is 1. The summed E-state index contributed by atoms with van der Waals surface area (Å²) in [4.78, 5) is 16.1. The second kappa shape index (κ2) is 5.93. The van der Waals surface area contributed by atoms with Gasteiger partial charge in [-0.1, -0.05) is 12.1 Å². The van der Waals surface area contributed by atoms with Crippen LogP contribution < -0.4 is 5.32 Å². The Balaban J connectivity index is 2.02. The second-order valence-corrected chi connectivity index (χ2v) is 5.00. The molecule has 2 aromatic rings. The first-order valence-electron chi connectivity index (χ1n) is 5.22. The van der Waals surface area contributed by atoms with Gasteiger partial charge in [0, 0.05) is 17.5 Å². The van der Waals surface area contributed by atoms with E-state index in [1.807, 2.05) is 0 Å². The Labute approximate surface area is 113 Å². The number of aromatic nitrogens is 1. The van der Waals surface area contributed by atoms with Crippen molar-refractivity contribution >= 4 is 34.0 Å². The average Bonchev–Trinajstić information content (AvgIpc) is 2.79. The van der Waals surface area contributed by atoms with Crippen molar-refractivity contribution in [3.05, 3.63) is 46.7 Å². The summed E-state index contributed by atoms with van der Waals surface area (Å²) < 4.78 is 12.7. The van der Waals surface area contributed by atoms with E-state index >= 15 is 0 Å². The van der Waals surface area contributed by atoms with E-state index in [1.165, 1.54) is 23.5 Å². The molecule has 1 aromatic carbocycles. The molecule has 0 saturated heterocycles. The van der Waals surface area contributed by atoms with Gasteiger partial charge in [-0.05, 0) is 17.7 Å². The summed E-state index contributed by atoms with van der Waals surface area (Å²) in [5.74, 6) is -0.621. The highest BCUT2D eigenvalue weighted by atomic mass is 35.5. The molecule has 94 valence electrons. The van der Waals surface area contributed by atoms with Crippen LogP contribution in [-0.2, 0) is 11.2 Å². The lowest BCUT2D eigenvalue weighted by Crippen LogP contribution is -2.11. The van der Waals surface area contributed by atoms with Crippen LogP contribution in [0.15, 0.2) is 30.5 Å². The molecule has 2 rings (SSSR count). The highest BCUT2D eigenvalue weighted by Gasteiger charge is 2.06. The highest BCUT2D eigenvalue weighted by molar-refractivity contribution is 7.15. The Morgan fingerprint density at radius 2 is 2.11 bits per heavy atom. The monoisotopic (exact) mass is 284 g/mol. The zero-order valence-corrected chi connectivity index (χ0v) is 10.9. The summed E-state index contributed by atoms with van der Waals surface area (Å²) in [7, 11) is 0. The molecule has 0 spiro atoms. The molecular weight excluding hydrogens is 275 g/mol. The predicted octanol–water partition coefficient (Wildman–Crippen LogP) is 3.05. The Bertz CT molecular complexity index is 541. The van der Waals surface area contributed by atoms with E-state index in [9.17, 15) is 9.18 Å². The van der Waals surface area contributed by atoms with Gasteiger partial charge in [0.2, 0.25) is 5.91 Å². The molecule has 3 nitrogen and oxygen atoms in total. The number of rotatable bonds is 4. The highest BCUT2D eigenvalue weighted by Crippen LogP contribution is 2.21. The first-order chi connectivity index (χ1) is 8.67. The molecular formula is C12H10ClFN2OS. The van der Waals surface area contributed by atoms with Crippen LogP contribution in [-0.4, -0.2) is 16.8 Å². The quantitative estimate of drug-likeness (QED) is 0.877. The van der Waals surface area contributed by atoms with E-state index in [-0.39, 0.29) is 17.6 Å². The van der Waals surface area contributed by atoms with Crippen molar-refractivity contribution in [2.24, 2.45) is 0 Å². The minimum atomic E-state index is -0.278. The molecule has 1 heterocycles. The normalized spacial score (nSPS) is 10.3. The molecule has 0 bridgehead atoms. The largest absolute Gasteiger partial charge is 0.301 e. The first kappa shape index (κ1) is 13.0. The molecule has 0 fully saturated rings. The molecule has 0 atom stereocenters. The summed E-state index contributed by atoms with van der Waals surface area (Å²) >= 11 is 6.76. The molecule has 18 heavy (non-hydrogen) atoms. The number of halogens is 2. The van der Waals surface area contributed by atoms with Gasteiger partial charge in [0.15, 0.2) is 5.13 Å². The zero-order chi connectivity index (χ0) is 13.0. The van der Waals surface area contributed by atoms with Crippen molar-refractivity contribution in [2.45, 2.75) is 6.42 Å². The molecule has 1 amide bonds. The molecule has 0 aliphatic heterocycles. The van der Waals surface area contributed by atoms with Crippen LogP contribution in [0.25, 0.3) is 0 Å². The van der Waals surface area contributed by atoms with E-state index in [0.717, 1.165) is 10.4 Å². The minimum absolute atomic E-state index is 0.0904. The number of nitrogens with zero attached hydrogens (tertiary/aromatic N) is 1. The van der Waals surface area contributed by atoms with Gasteiger partial charge in [0.05, 0.1) is 0 Å². The molecule has 0 aliphatic carbocycles. The van der Waals surface area contributed by atoms with Gasteiger partial charge in [-0.2, -0.15) is 0 Å². The number of amides is 1. The first-order valence-corrected chi connectivity index (χ1v) is 6.57. The number of hydrogen-bond donors (Lipinski definition) is 1. The topological polar surface area (TPSA) is 42.0 Å². The fourth-order valence-corrected chi connectivity index (χ4v) is 2.33. The van der Waals surface area contributed by atoms with Gasteiger partial charge in [-0.25, -0.2) is 9.37 Å². The fourth-order valence-electron chi connectivity index (χ4n) is 1.40. The molecule has 0 saturated carbocycles. The van der Waals surface area contributed by atoms with Gasteiger partial charge in [0.25, 0.3) is 0 Å². The molecule has 1 aromatic heterocycles. The number of carbonyl (C=O) groups excluding carboxylic acids is 1. The maximum atomic E-state index is 12.7. The van der Waals surface area contributed by atoms with Crippen LogP contribution in [0.5, 0.6) is 0 Å². The van der Waals surface area contributed by atoms with Crippen LogP contribution in [0.4, 0.5) is 9.52 Å². The Morgan fingerprint density at radius 3 is 2.78 bits per heavy atom. The summed E-state index contributed by atoms with van der Waals surface area (Å²) in [5.41, 5.74) is 0.996. The lowest BCUT2D eigenvalue weighted by atomic mass is 10.1. The SMILES string of the molecule is O=C(CCl)Nc1ncc(Cc2ccc(F)cc2)s1. The standard InChI is InChI=1S/C12H10ClFN2OS/c13-6-11(17)16-12-15-7-10(18-12)5-8-1-3-9(14)4-2-8/h1-4,7H,5-6H2,(H,15,16,17). The number of hydrogen-bond acceptors (Lipinski definition) is 3. The third-order valence-corrected chi connectivity index (χ3v) is 3.37. The zero-order valence-electron chi connectivity index (χ0n) is 9.32. The van der Waals surface area contributed by atoms with E-state index in [4.69, 9.17) is 11.6 Å². The van der Waals surface area contributed by atoms with E-state index < -0.39 is 0 Å². The number of anilines is 1. The molecule has 0 radical (unpaired) electrons. The Morgan fingerprint density at radius 1 is 1.39 bits per heavy atom. The lowest BCUT2D eigenvalue weighted by Gasteiger charge is -1.98. The third-order valence-electron chi connectivity index (χ3n) is 2.21. The molecule has 1 N–H and O–H groups in total. The second-order valence-electron chi connectivity index (χ2n) is 3.62. The van der Waals surface area contributed by atoms with Crippen LogP contribution in [0, 0.1) is 5.82 Å². The maximum absolute atomic E-state index is 12.7.